The first-order chi connectivity index (χ1) is 13.6. The maximum Gasteiger partial charge on any atom is 0.406 e. The van der Waals surface area contributed by atoms with Gasteiger partial charge in [-0.05, 0) is 17.7 Å². The van der Waals surface area contributed by atoms with E-state index in [2.05, 4.69) is 5.32 Å². The van der Waals surface area contributed by atoms with E-state index < -0.39 is 30.1 Å². The molecule has 0 aliphatic carbocycles. The van der Waals surface area contributed by atoms with Crippen LogP contribution in [0.15, 0.2) is 48.5 Å². The molecular weight excluding hydrogens is 391 g/mol. The standard InChI is InChI=1S/C19H18F3N3O4/c1-13(26)23-10-14-6-8-15(9-7-14)18(27)24(12-19(20,21)22)11-16-4-2-3-5-17(16)25(28)29/h2-9H,10-12H2,1H3,(H,23,26). The van der Waals surface area contributed by atoms with Gasteiger partial charge in [-0.15, -0.1) is 0 Å². The summed E-state index contributed by atoms with van der Waals surface area (Å²) in [5, 5.41) is 13.7. The molecule has 0 radical (unpaired) electrons. The Kier molecular flexibility index (Phi) is 6.92. The van der Waals surface area contributed by atoms with Crippen LogP contribution in [0.25, 0.3) is 0 Å². The zero-order valence-electron chi connectivity index (χ0n) is 15.4. The molecule has 0 aromatic heterocycles. The second-order valence-electron chi connectivity index (χ2n) is 6.27. The van der Waals surface area contributed by atoms with Gasteiger partial charge >= 0.3 is 6.18 Å². The Labute approximate surface area is 164 Å². The predicted octanol–water partition coefficient (Wildman–Crippen LogP) is 3.44. The molecule has 29 heavy (non-hydrogen) atoms. The third-order valence-electron chi connectivity index (χ3n) is 3.95. The number of nitrogens with one attached hydrogen (secondary N) is 1. The molecule has 154 valence electrons. The first-order valence-electron chi connectivity index (χ1n) is 8.48. The highest BCUT2D eigenvalue weighted by Gasteiger charge is 2.34. The summed E-state index contributed by atoms with van der Waals surface area (Å²) in [6.07, 6.45) is -4.68. The Morgan fingerprint density at radius 2 is 1.72 bits per heavy atom. The highest BCUT2D eigenvalue weighted by atomic mass is 19.4. The fourth-order valence-corrected chi connectivity index (χ4v) is 2.62. The third-order valence-corrected chi connectivity index (χ3v) is 3.95. The molecule has 0 saturated heterocycles. The van der Waals surface area contributed by atoms with Crippen molar-refractivity contribution in [2.24, 2.45) is 0 Å². The lowest BCUT2D eigenvalue weighted by Gasteiger charge is -2.24. The summed E-state index contributed by atoms with van der Waals surface area (Å²) in [6, 6.07) is 11.1. The van der Waals surface area contributed by atoms with Gasteiger partial charge in [0.25, 0.3) is 11.6 Å². The number of carbonyl (C=O) groups excluding carboxylic acids is 2. The second-order valence-corrected chi connectivity index (χ2v) is 6.27. The van der Waals surface area contributed by atoms with E-state index in [0.29, 0.717) is 10.5 Å². The third kappa shape index (κ3) is 6.59. The van der Waals surface area contributed by atoms with Crippen LogP contribution in [0.4, 0.5) is 18.9 Å². The number of halogens is 3. The zero-order valence-corrected chi connectivity index (χ0v) is 15.4. The summed E-state index contributed by atoms with van der Waals surface area (Å²) in [4.78, 5) is 34.5. The summed E-state index contributed by atoms with van der Waals surface area (Å²) in [7, 11) is 0. The van der Waals surface area contributed by atoms with E-state index in [1.807, 2.05) is 0 Å². The van der Waals surface area contributed by atoms with E-state index in [4.69, 9.17) is 0 Å². The molecular formula is C19H18F3N3O4. The Bertz CT molecular complexity index is 898. The predicted molar refractivity (Wildman–Crippen MR) is 97.9 cm³/mol. The molecule has 10 heteroatoms. The molecule has 0 atom stereocenters. The largest absolute Gasteiger partial charge is 0.406 e. The number of hydrogen-bond donors (Lipinski definition) is 1. The second kappa shape index (κ2) is 9.18. The van der Waals surface area contributed by atoms with E-state index in [9.17, 15) is 32.9 Å². The van der Waals surface area contributed by atoms with Crippen molar-refractivity contribution < 1.29 is 27.7 Å². The first kappa shape index (κ1) is 21.9. The lowest BCUT2D eigenvalue weighted by molar-refractivity contribution is -0.385. The number of nitro groups is 1. The average Bonchev–Trinajstić information content (AvgIpc) is 2.65. The number of alkyl halides is 3. The summed E-state index contributed by atoms with van der Waals surface area (Å²) in [5.41, 5.74) is 0.299. The Morgan fingerprint density at radius 1 is 1.10 bits per heavy atom. The molecule has 0 bridgehead atoms. The molecule has 1 N–H and O–H groups in total. The molecule has 0 aliphatic heterocycles. The van der Waals surface area contributed by atoms with Crippen molar-refractivity contribution in [3.63, 3.8) is 0 Å². The van der Waals surface area contributed by atoms with Crippen molar-refractivity contribution in [2.45, 2.75) is 26.2 Å². The molecule has 2 aromatic carbocycles. The number of amides is 2. The molecule has 0 saturated carbocycles. The van der Waals surface area contributed by atoms with Crippen LogP contribution >= 0.6 is 0 Å². The highest BCUT2D eigenvalue weighted by molar-refractivity contribution is 5.94. The van der Waals surface area contributed by atoms with Gasteiger partial charge in [0.15, 0.2) is 0 Å². The van der Waals surface area contributed by atoms with Crippen LogP contribution in [-0.4, -0.2) is 34.4 Å². The minimum absolute atomic E-state index is 0.000547. The summed E-state index contributed by atoms with van der Waals surface area (Å²) in [6.45, 7) is -0.559. The van der Waals surface area contributed by atoms with Crippen LogP contribution in [0.1, 0.15) is 28.4 Å². The summed E-state index contributed by atoms with van der Waals surface area (Å²) < 4.78 is 39.0. The van der Waals surface area contributed by atoms with Gasteiger partial charge in [0.2, 0.25) is 5.91 Å². The lowest BCUT2D eigenvalue weighted by atomic mass is 10.1. The van der Waals surface area contributed by atoms with E-state index in [1.54, 1.807) is 0 Å². The number of nitrogens with zero attached hydrogens (tertiary/aromatic N) is 2. The van der Waals surface area contributed by atoms with Gasteiger partial charge in [-0.25, -0.2) is 0 Å². The number of para-hydroxylation sites is 1. The fraction of sp³-hybridized carbons (Fsp3) is 0.263. The number of hydrogen-bond acceptors (Lipinski definition) is 4. The molecule has 2 aromatic rings. The van der Waals surface area contributed by atoms with Gasteiger partial charge in [0.1, 0.15) is 6.54 Å². The quantitative estimate of drug-likeness (QED) is 0.560. The number of benzene rings is 2. The number of nitro benzene ring substituents is 1. The molecule has 2 amide bonds. The van der Waals surface area contributed by atoms with Gasteiger partial charge in [0.05, 0.1) is 11.5 Å². The lowest BCUT2D eigenvalue weighted by Crippen LogP contribution is -2.38. The van der Waals surface area contributed by atoms with E-state index in [1.165, 1.54) is 55.5 Å². The molecule has 0 aliphatic rings. The van der Waals surface area contributed by atoms with Crippen LogP contribution in [0.5, 0.6) is 0 Å². The average molecular weight is 409 g/mol. The maximum atomic E-state index is 13.0. The number of rotatable bonds is 7. The van der Waals surface area contributed by atoms with Crippen LogP contribution < -0.4 is 5.32 Å². The molecule has 0 unspecified atom stereocenters. The van der Waals surface area contributed by atoms with Gasteiger partial charge < -0.3 is 10.2 Å². The first-order valence-corrected chi connectivity index (χ1v) is 8.48. The summed E-state index contributed by atoms with van der Waals surface area (Å²) in [5.74, 6) is -1.16. The molecule has 0 fully saturated rings. The van der Waals surface area contributed by atoms with Gasteiger partial charge in [-0.3, -0.25) is 19.7 Å². The molecule has 0 spiro atoms. The minimum atomic E-state index is -4.68. The van der Waals surface area contributed by atoms with Gasteiger partial charge in [-0.1, -0.05) is 30.3 Å². The van der Waals surface area contributed by atoms with Crippen LogP contribution in [0, 0.1) is 10.1 Å². The van der Waals surface area contributed by atoms with E-state index >= 15 is 0 Å². The van der Waals surface area contributed by atoms with E-state index in [0.717, 1.165) is 0 Å². The normalized spacial score (nSPS) is 11.0. The topological polar surface area (TPSA) is 92.6 Å². The SMILES string of the molecule is CC(=O)NCc1ccc(C(=O)N(Cc2ccccc2[N+](=O)[O-])CC(F)(F)F)cc1. The fourth-order valence-electron chi connectivity index (χ4n) is 2.62. The Morgan fingerprint density at radius 3 is 2.28 bits per heavy atom. The van der Waals surface area contributed by atoms with Crippen LogP contribution in [0.2, 0.25) is 0 Å². The monoisotopic (exact) mass is 409 g/mol. The maximum absolute atomic E-state index is 13.0. The summed E-state index contributed by atoms with van der Waals surface area (Å²) >= 11 is 0. The number of carbonyl (C=O) groups is 2. The molecule has 2 rings (SSSR count). The molecule has 7 nitrogen and oxygen atoms in total. The van der Waals surface area contributed by atoms with Crippen molar-refractivity contribution in [3.8, 4) is 0 Å². The van der Waals surface area contributed by atoms with Gasteiger partial charge in [-0.2, -0.15) is 13.2 Å². The van der Waals surface area contributed by atoms with Crippen LogP contribution in [0.3, 0.4) is 0 Å². The van der Waals surface area contributed by atoms with Crippen LogP contribution in [-0.2, 0) is 17.9 Å². The van der Waals surface area contributed by atoms with Crippen molar-refractivity contribution in [3.05, 3.63) is 75.3 Å². The Hall–Kier alpha value is -3.43. The van der Waals surface area contributed by atoms with Crippen molar-refractivity contribution >= 4 is 17.5 Å². The van der Waals surface area contributed by atoms with Crippen molar-refractivity contribution in [1.82, 2.24) is 10.2 Å². The highest BCUT2D eigenvalue weighted by Crippen LogP contribution is 2.24. The van der Waals surface area contributed by atoms with Crippen molar-refractivity contribution in [1.29, 1.82) is 0 Å². The zero-order chi connectivity index (χ0) is 21.6. The van der Waals surface area contributed by atoms with Gasteiger partial charge in [0, 0.05) is 30.7 Å². The van der Waals surface area contributed by atoms with Crippen molar-refractivity contribution in [2.75, 3.05) is 6.54 Å². The Balaban J connectivity index is 2.27. The minimum Gasteiger partial charge on any atom is -0.352 e. The smallest absolute Gasteiger partial charge is 0.352 e. The molecule has 0 heterocycles. The van der Waals surface area contributed by atoms with E-state index in [-0.39, 0.29) is 29.3 Å².